The van der Waals surface area contributed by atoms with Crippen LogP contribution in [0.4, 0.5) is 11.5 Å². The molecule has 24 heavy (non-hydrogen) atoms. The zero-order valence-corrected chi connectivity index (χ0v) is 14.0. The van der Waals surface area contributed by atoms with Gasteiger partial charge in [0.2, 0.25) is 0 Å². The van der Waals surface area contributed by atoms with Gasteiger partial charge >= 0.3 is 0 Å². The van der Waals surface area contributed by atoms with Gasteiger partial charge in [-0.2, -0.15) is 0 Å². The van der Waals surface area contributed by atoms with Gasteiger partial charge in [0.25, 0.3) is 5.91 Å². The highest BCUT2D eigenvalue weighted by Gasteiger charge is 2.18. The van der Waals surface area contributed by atoms with Crippen molar-refractivity contribution in [3.63, 3.8) is 0 Å². The second-order valence-corrected chi connectivity index (χ2v) is 6.11. The number of hydrogen-bond donors (Lipinski definition) is 1. The molecule has 0 bridgehead atoms. The van der Waals surface area contributed by atoms with Crippen LogP contribution in [0, 0.1) is 5.92 Å². The third-order valence-electron chi connectivity index (χ3n) is 4.34. The zero-order valence-electron chi connectivity index (χ0n) is 14.0. The first-order valence-corrected chi connectivity index (χ1v) is 8.18. The number of methoxy groups -OCH3 is 1. The Kier molecular flexibility index (Phi) is 4.93. The molecule has 1 aliphatic rings. The number of nitrogens with one attached hydrogen (secondary N) is 1. The van der Waals surface area contributed by atoms with Crippen LogP contribution in [0.15, 0.2) is 36.7 Å². The summed E-state index contributed by atoms with van der Waals surface area (Å²) in [7, 11) is 1.61. The summed E-state index contributed by atoms with van der Waals surface area (Å²) < 4.78 is 5.11. The van der Waals surface area contributed by atoms with Crippen LogP contribution in [0.2, 0.25) is 0 Å². The normalized spacial score (nSPS) is 15.2. The number of aromatic nitrogens is 2. The molecule has 6 nitrogen and oxygen atoms in total. The Labute approximate surface area is 141 Å². The lowest BCUT2D eigenvalue weighted by molar-refractivity contribution is 0.102. The van der Waals surface area contributed by atoms with Gasteiger partial charge < -0.3 is 15.0 Å². The van der Waals surface area contributed by atoms with Crippen molar-refractivity contribution in [1.82, 2.24) is 9.97 Å². The number of piperidine rings is 1. The number of nitrogens with zero attached hydrogens (tertiary/aromatic N) is 3. The van der Waals surface area contributed by atoms with Crippen molar-refractivity contribution in [3.05, 3.63) is 42.4 Å². The summed E-state index contributed by atoms with van der Waals surface area (Å²) in [6, 6.07) is 8.95. The van der Waals surface area contributed by atoms with Gasteiger partial charge in [0.05, 0.1) is 7.11 Å². The molecule has 2 aromatic rings. The van der Waals surface area contributed by atoms with E-state index in [4.69, 9.17) is 4.74 Å². The van der Waals surface area contributed by atoms with E-state index in [1.807, 2.05) is 0 Å². The van der Waals surface area contributed by atoms with Gasteiger partial charge in [0, 0.05) is 24.8 Å². The van der Waals surface area contributed by atoms with Gasteiger partial charge in [-0.15, -0.1) is 0 Å². The third kappa shape index (κ3) is 3.82. The van der Waals surface area contributed by atoms with E-state index in [-0.39, 0.29) is 5.91 Å². The summed E-state index contributed by atoms with van der Waals surface area (Å²) >= 11 is 0. The second-order valence-electron chi connectivity index (χ2n) is 6.11. The molecule has 0 spiro atoms. The summed E-state index contributed by atoms with van der Waals surface area (Å²) in [6.45, 7) is 4.21. The summed E-state index contributed by atoms with van der Waals surface area (Å²) in [4.78, 5) is 23.0. The van der Waals surface area contributed by atoms with E-state index >= 15 is 0 Å². The second kappa shape index (κ2) is 7.29. The standard InChI is InChI=1S/C18H22N4O2/c1-13-7-9-22(10-8-13)17-11-16(19-12-20-17)18(23)21-14-3-5-15(24-2)6-4-14/h3-6,11-13H,7-10H2,1-2H3,(H,21,23). The Morgan fingerprint density at radius 1 is 1.21 bits per heavy atom. The number of anilines is 2. The van der Waals surface area contributed by atoms with Crippen LogP contribution in [0.5, 0.6) is 5.75 Å². The fraction of sp³-hybridized carbons (Fsp3) is 0.389. The highest BCUT2D eigenvalue weighted by atomic mass is 16.5. The highest BCUT2D eigenvalue weighted by molar-refractivity contribution is 6.03. The molecule has 1 aromatic heterocycles. The van der Waals surface area contributed by atoms with Gasteiger partial charge in [0.1, 0.15) is 23.6 Å². The molecular weight excluding hydrogens is 304 g/mol. The van der Waals surface area contributed by atoms with Crippen LogP contribution in [0.25, 0.3) is 0 Å². The Morgan fingerprint density at radius 3 is 2.58 bits per heavy atom. The molecule has 1 N–H and O–H groups in total. The lowest BCUT2D eigenvalue weighted by atomic mass is 9.99. The average Bonchev–Trinajstić information content (AvgIpc) is 2.63. The first-order chi connectivity index (χ1) is 11.7. The topological polar surface area (TPSA) is 67.3 Å². The number of carbonyl (C=O) groups excluding carboxylic acids is 1. The van der Waals surface area contributed by atoms with E-state index in [1.54, 1.807) is 37.4 Å². The molecular formula is C18H22N4O2. The molecule has 1 saturated heterocycles. The van der Waals surface area contributed by atoms with Crippen LogP contribution in [-0.2, 0) is 0 Å². The fourth-order valence-electron chi connectivity index (χ4n) is 2.75. The number of amides is 1. The quantitative estimate of drug-likeness (QED) is 0.935. The van der Waals surface area contributed by atoms with Gasteiger partial charge in [-0.25, -0.2) is 9.97 Å². The van der Waals surface area contributed by atoms with Gasteiger partial charge in [0.15, 0.2) is 0 Å². The van der Waals surface area contributed by atoms with Crippen molar-refractivity contribution in [2.24, 2.45) is 5.92 Å². The van der Waals surface area contributed by atoms with E-state index in [1.165, 1.54) is 6.33 Å². The van der Waals surface area contributed by atoms with Gasteiger partial charge in [-0.05, 0) is 43.0 Å². The van der Waals surface area contributed by atoms with E-state index in [0.29, 0.717) is 11.4 Å². The SMILES string of the molecule is COc1ccc(NC(=O)c2cc(N3CCC(C)CC3)ncn2)cc1. The van der Waals surface area contributed by atoms with Crippen molar-refractivity contribution in [3.8, 4) is 5.75 Å². The average molecular weight is 326 g/mol. The summed E-state index contributed by atoms with van der Waals surface area (Å²) in [6.07, 6.45) is 3.76. The Morgan fingerprint density at radius 2 is 1.92 bits per heavy atom. The molecule has 0 unspecified atom stereocenters. The third-order valence-corrected chi connectivity index (χ3v) is 4.34. The predicted octanol–water partition coefficient (Wildman–Crippen LogP) is 2.97. The Balaban J connectivity index is 1.69. The van der Waals surface area contributed by atoms with Gasteiger partial charge in [-0.3, -0.25) is 4.79 Å². The molecule has 2 heterocycles. The molecule has 1 aromatic carbocycles. The zero-order chi connectivity index (χ0) is 16.9. The maximum absolute atomic E-state index is 12.4. The molecule has 1 fully saturated rings. The van der Waals surface area contributed by atoms with Crippen LogP contribution in [0.3, 0.4) is 0 Å². The molecule has 0 radical (unpaired) electrons. The van der Waals surface area contributed by atoms with Crippen molar-refractivity contribution in [1.29, 1.82) is 0 Å². The maximum Gasteiger partial charge on any atom is 0.274 e. The summed E-state index contributed by atoms with van der Waals surface area (Å²) in [5, 5.41) is 2.84. The predicted molar refractivity (Wildman–Crippen MR) is 93.6 cm³/mol. The van der Waals surface area contributed by atoms with Gasteiger partial charge in [-0.1, -0.05) is 6.92 Å². The maximum atomic E-state index is 12.4. The van der Waals surface area contributed by atoms with Crippen LogP contribution >= 0.6 is 0 Å². The molecule has 1 amide bonds. The first-order valence-electron chi connectivity index (χ1n) is 8.18. The number of carbonyl (C=O) groups is 1. The van der Waals surface area contributed by atoms with E-state index in [9.17, 15) is 4.79 Å². The monoisotopic (exact) mass is 326 g/mol. The minimum atomic E-state index is -0.241. The molecule has 126 valence electrons. The number of ether oxygens (including phenoxy) is 1. The summed E-state index contributed by atoms with van der Waals surface area (Å²) in [5.41, 5.74) is 1.07. The highest BCUT2D eigenvalue weighted by Crippen LogP contribution is 2.22. The number of benzene rings is 1. The molecule has 0 aliphatic carbocycles. The van der Waals surface area contributed by atoms with Crippen molar-refractivity contribution in [2.45, 2.75) is 19.8 Å². The van der Waals surface area contributed by atoms with E-state index in [0.717, 1.165) is 43.4 Å². The lowest BCUT2D eigenvalue weighted by Crippen LogP contribution is -2.33. The minimum Gasteiger partial charge on any atom is -0.497 e. The Bertz CT molecular complexity index is 694. The van der Waals surface area contributed by atoms with E-state index < -0.39 is 0 Å². The fourth-order valence-corrected chi connectivity index (χ4v) is 2.75. The van der Waals surface area contributed by atoms with Crippen LogP contribution in [0.1, 0.15) is 30.3 Å². The lowest BCUT2D eigenvalue weighted by Gasteiger charge is -2.31. The molecule has 1 aliphatic heterocycles. The minimum absolute atomic E-state index is 0.241. The van der Waals surface area contributed by atoms with Crippen molar-refractivity contribution >= 4 is 17.4 Å². The molecule has 6 heteroatoms. The molecule has 0 atom stereocenters. The van der Waals surface area contributed by atoms with Crippen LogP contribution in [-0.4, -0.2) is 36.1 Å². The number of hydrogen-bond acceptors (Lipinski definition) is 5. The van der Waals surface area contributed by atoms with Crippen LogP contribution < -0.4 is 15.0 Å². The summed E-state index contributed by atoms with van der Waals surface area (Å²) in [5.74, 6) is 2.07. The molecule has 3 rings (SSSR count). The first kappa shape index (κ1) is 16.2. The largest absolute Gasteiger partial charge is 0.497 e. The number of rotatable bonds is 4. The van der Waals surface area contributed by atoms with Crippen molar-refractivity contribution < 1.29 is 9.53 Å². The smallest absolute Gasteiger partial charge is 0.274 e. The van der Waals surface area contributed by atoms with Crippen molar-refractivity contribution in [2.75, 3.05) is 30.4 Å². The van der Waals surface area contributed by atoms with E-state index in [2.05, 4.69) is 27.1 Å². The molecule has 0 saturated carbocycles. The Hall–Kier alpha value is -2.63.